The Hall–Kier alpha value is -1.36. The molecule has 0 unspecified atom stereocenters. The highest BCUT2D eigenvalue weighted by Crippen LogP contribution is 2.22. The zero-order valence-electron chi connectivity index (χ0n) is 8.73. The third-order valence-corrected chi connectivity index (χ3v) is 2.83. The van der Waals surface area contributed by atoms with Crippen LogP contribution in [0.4, 0.5) is 0 Å². The molecular weight excluding hydrogens is 194 g/mol. The lowest BCUT2D eigenvalue weighted by Crippen LogP contribution is -2.28. The molecule has 0 saturated carbocycles. The number of aromatic carboxylic acids is 1. The number of aromatic nitrogens is 2. The quantitative estimate of drug-likeness (QED) is 0.748. The first kappa shape index (κ1) is 10.2. The molecule has 5 heteroatoms. The molecule has 1 atom stereocenters. The van der Waals surface area contributed by atoms with Crippen molar-refractivity contribution in [3.8, 4) is 0 Å². The Morgan fingerprint density at radius 2 is 2.53 bits per heavy atom. The van der Waals surface area contributed by atoms with Gasteiger partial charge in [-0.15, -0.1) is 0 Å². The normalized spacial score (nSPS) is 21.5. The number of carbonyl (C=O) groups is 1. The maximum absolute atomic E-state index is 10.8. The lowest BCUT2D eigenvalue weighted by molar-refractivity contribution is 0.0685. The summed E-state index contributed by atoms with van der Waals surface area (Å²) >= 11 is 0. The SMILES string of the molecule is Cn1nc([C@@H]2CCCNC2)cc1C(=O)O. The van der Waals surface area contributed by atoms with Crippen LogP contribution in [0.15, 0.2) is 6.07 Å². The zero-order valence-corrected chi connectivity index (χ0v) is 8.73. The first-order chi connectivity index (χ1) is 7.18. The molecule has 82 valence electrons. The number of carboxylic acids is 1. The number of nitrogens with zero attached hydrogens (tertiary/aromatic N) is 2. The Morgan fingerprint density at radius 3 is 3.07 bits per heavy atom. The minimum Gasteiger partial charge on any atom is -0.477 e. The molecule has 0 aliphatic carbocycles. The average Bonchev–Trinajstić information content (AvgIpc) is 2.62. The van der Waals surface area contributed by atoms with Crippen LogP contribution in [0.25, 0.3) is 0 Å². The van der Waals surface area contributed by atoms with Gasteiger partial charge in [-0.25, -0.2) is 4.79 Å². The standard InChI is InChI=1S/C10H15N3O2/c1-13-9(10(14)15)5-8(12-13)7-3-2-4-11-6-7/h5,7,11H,2-4,6H2,1H3,(H,14,15)/t7-/m1/s1. The fourth-order valence-electron chi connectivity index (χ4n) is 1.99. The van der Waals surface area contributed by atoms with Crippen molar-refractivity contribution in [2.24, 2.45) is 7.05 Å². The largest absolute Gasteiger partial charge is 0.477 e. The molecule has 2 rings (SSSR count). The van der Waals surface area contributed by atoms with E-state index in [4.69, 9.17) is 5.11 Å². The van der Waals surface area contributed by atoms with Crippen LogP contribution in [-0.2, 0) is 7.05 Å². The van der Waals surface area contributed by atoms with Gasteiger partial charge in [0.2, 0.25) is 0 Å². The second-order valence-electron chi connectivity index (χ2n) is 3.93. The van der Waals surface area contributed by atoms with Gasteiger partial charge in [0.05, 0.1) is 5.69 Å². The molecule has 1 aliphatic rings. The fraction of sp³-hybridized carbons (Fsp3) is 0.600. The van der Waals surface area contributed by atoms with Crippen molar-refractivity contribution < 1.29 is 9.90 Å². The van der Waals surface area contributed by atoms with Crippen LogP contribution < -0.4 is 5.32 Å². The molecule has 5 nitrogen and oxygen atoms in total. The number of hydrogen-bond donors (Lipinski definition) is 2. The van der Waals surface area contributed by atoms with Gasteiger partial charge in [0, 0.05) is 19.5 Å². The summed E-state index contributed by atoms with van der Waals surface area (Å²) in [7, 11) is 1.67. The van der Waals surface area contributed by atoms with Crippen molar-refractivity contribution in [2.45, 2.75) is 18.8 Å². The Bertz CT molecular complexity index is 367. The molecule has 0 radical (unpaired) electrons. The summed E-state index contributed by atoms with van der Waals surface area (Å²) in [5, 5.41) is 16.4. The van der Waals surface area contributed by atoms with E-state index in [1.54, 1.807) is 13.1 Å². The Labute approximate surface area is 88.1 Å². The maximum Gasteiger partial charge on any atom is 0.354 e. The van der Waals surface area contributed by atoms with Gasteiger partial charge in [0.15, 0.2) is 0 Å². The predicted octanol–water partition coefficient (Wildman–Crippen LogP) is 0.585. The topological polar surface area (TPSA) is 67.2 Å². The third-order valence-electron chi connectivity index (χ3n) is 2.83. The molecule has 0 spiro atoms. The van der Waals surface area contributed by atoms with Crippen molar-refractivity contribution in [3.63, 3.8) is 0 Å². The van der Waals surface area contributed by atoms with Gasteiger partial charge in [0.25, 0.3) is 0 Å². The first-order valence-electron chi connectivity index (χ1n) is 5.16. The van der Waals surface area contributed by atoms with Crippen molar-refractivity contribution >= 4 is 5.97 Å². The van der Waals surface area contributed by atoms with E-state index in [1.165, 1.54) is 4.68 Å². The molecule has 1 aliphatic heterocycles. The van der Waals surface area contributed by atoms with E-state index in [0.29, 0.717) is 5.92 Å². The maximum atomic E-state index is 10.8. The molecule has 1 saturated heterocycles. The van der Waals surface area contributed by atoms with Crippen LogP contribution in [0.1, 0.15) is 34.9 Å². The number of hydrogen-bond acceptors (Lipinski definition) is 3. The van der Waals surface area contributed by atoms with Gasteiger partial charge in [-0.3, -0.25) is 4.68 Å². The van der Waals surface area contributed by atoms with Gasteiger partial charge in [-0.1, -0.05) is 0 Å². The minimum absolute atomic E-state index is 0.260. The van der Waals surface area contributed by atoms with Crippen LogP contribution in [0.5, 0.6) is 0 Å². The number of rotatable bonds is 2. The Morgan fingerprint density at radius 1 is 1.73 bits per heavy atom. The Balaban J connectivity index is 2.21. The summed E-state index contributed by atoms with van der Waals surface area (Å²) < 4.78 is 1.44. The third kappa shape index (κ3) is 2.02. The van der Waals surface area contributed by atoms with Crippen LogP contribution in [0, 0.1) is 0 Å². The molecule has 1 aromatic rings. The van der Waals surface area contributed by atoms with Crippen LogP contribution in [0.3, 0.4) is 0 Å². The smallest absolute Gasteiger partial charge is 0.354 e. The summed E-state index contributed by atoms with van der Waals surface area (Å²) in [5.74, 6) is -0.557. The first-order valence-corrected chi connectivity index (χ1v) is 5.16. The van der Waals surface area contributed by atoms with Gasteiger partial charge in [-0.2, -0.15) is 5.10 Å². The molecule has 15 heavy (non-hydrogen) atoms. The number of carboxylic acid groups (broad SMARTS) is 1. The van der Waals surface area contributed by atoms with Crippen LogP contribution in [0.2, 0.25) is 0 Å². The highest BCUT2D eigenvalue weighted by Gasteiger charge is 2.20. The highest BCUT2D eigenvalue weighted by molar-refractivity contribution is 5.85. The average molecular weight is 209 g/mol. The second-order valence-corrected chi connectivity index (χ2v) is 3.93. The predicted molar refractivity (Wildman–Crippen MR) is 55.0 cm³/mol. The molecule has 0 bridgehead atoms. The van der Waals surface area contributed by atoms with Crippen molar-refractivity contribution in [2.75, 3.05) is 13.1 Å². The van der Waals surface area contributed by atoms with E-state index in [2.05, 4.69) is 10.4 Å². The van der Waals surface area contributed by atoms with Gasteiger partial charge in [0.1, 0.15) is 5.69 Å². The molecule has 0 aromatic carbocycles. The molecule has 1 aromatic heterocycles. The van der Waals surface area contributed by atoms with E-state index in [0.717, 1.165) is 31.6 Å². The molecule has 0 amide bonds. The van der Waals surface area contributed by atoms with Gasteiger partial charge in [-0.05, 0) is 25.5 Å². The van der Waals surface area contributed by atoms with Crippen molar-refractivity contribution in [1.29, 1.82) is 0 Å². The minimum atomic E-state index is -0.917. The van der Waals surface area contributed by atoms with E-state index in [9.17, 15) is 4.79 Å². The summed E-state index contributed by atoms with van der Waals surface area (Å²) in [4.78, 5) is 10.8. The monoisotopic (exact) mass is 209 g/mol. The molecule has 2 heterocycles. The van der Waals surface area contributed by atoms with Crippen LogP contribution in [-0.4, -0.2) is 33.9 Å². The van der Waals surface area contributed by atoms with E-state index in [-0.39, 0.29) is 5.69 Å². The van der Waals surface area contributed by atoms with E-state index in [1.807, 2.05) is 0 Å². The van der Waals surface area contributed by atoms with E-state index < -0.39 is 5.97 Å². The summed E-state index contributed by atoms with van der Waals surface area (Å²) in [6.45, 7) is 1.95. The van der Waals surface area contributed by atoms with Gasteiger partial charge >= 0.3 is 5.97 Å². The number of piperidine rings is 1. The molecule has 1 fully saturated rings. The summed E-state index contributed by atoms with van der Waals surface area (Å²) in [6, 6.07) is 1.68. The second kappa shape index (κ2) is 4.02. The summed E-state index contributed by atoms with van der Waals surface area (Å²) in [5.41, 5.74) is 1.15. The highest BCUT2D eigenvalue weighted by atomic mass is 16.4. The lowest BCUT2D eigenvalue weighted by Gasteiger charge is -2.20. The number of aryl methyl sites for hydroxylation is 1. The van der Waals surface area contributed by atoms with Crippen molar-refractivity contribution in [1.82, 2.24) is 15.1 Å². The zero-order chi connectivity index (χ0) is 10.8. The van der Waals surface area contributed by atoms with Crippen molar-refractivity contribution in [3.05, 3.63) is 17.5 Å². The van der Waals surface area contributed by atoms with Crippen LogP contribution >= 0.6 is 0 Å². The molecule has 2 N–H and O–H groups in total. The lowest BCUT2D eigenvalue weighted by atomic mass is 9.96. The van der Waals surface area contributed by atoms with E-state index >= 15 is 0 Å². The fourth-order valence-corrected chi connectivity index (χ4v) is 1.99. The Kier molecular flexibility index (Phi) is 2.73. The number of nitrogens with one attached hydrogen (secondary N) is 1. The molecular formula is C10H15N3O2. The summed E-state index contributed by atoms with van der Waals surface area (Å²) in [6.07, 6.45) is 2.21. The van der Waals surface area contributed by atoms with Gasteiger partial charge < -0.3 is 10.4 Å².